The molecule has 0 atom stereocenters. The molecular formula is C29H39N3O8. The van der Waals surface area contributed by atoms with Gasteiger partial charge >= 0.3 is 0 Å². The molecule has 0 spiro atoms. The van der Waals surface area contributed by atoms with Gasteiger partial charge in [0.1, 0.15) is 0 Å². The Kier molecular flexibility index (Phi) is 13.2. The lowest BCUT2D eigenvalue weighted by Crippen LogP contribution is -2.34. The van der Waals surface area contributed by atoms with E-state index in [9.17, 15) is 19.8 Å². The van der Waals surface area contributed by atoms with E-state index >= 15 is 0 Å². The maximum atomic E-state index is 13.0. The number of unbranched alkanes of at least 4 members (excludes halogenated alkanes) is 1. The van der Waals surface area contributed by atoms with Crippen LogP contribution in [-0.2, 0) is 9.59 Å². The lowest BCUT2D eigenvalue weighted by Gasteiger charge is -2.21. The number of nitrogens with one attached hydrogen (secondary N) is 1. The number of hydrogen-bond donors (Lipinski definition) is 4. The second-order valence-electron chi connectivity index (χ2n) is 8.68. The summed E-state index contributed by atoms with van der Waals surface area (Å²) in [7, 11) is 5.72. The summed E-state index contributed by atoms with van der Waals surface area (Å²) in [6.45, 7) is 1.86. The Morgan fingerprint density at radius 1 is 0.775 bits per heavy atom. The predicted molar refractivity (Wildman–Crippen MR) is 153 cm³/mol. The van der Waals surface area contributed by atoms with Crippen molar-refractivity contribution in [3.63, 3.8) is 0 Å². The van der Waals surface area contributed by atoms with Crippen LogP contribution in [0.1, 0.15) is 30.4 Å². The minimum atomic E-state index is -0.304. The molecule has 0 saturated carbocycles. The first kappa shape index (κ1) is 31.8. The first-order valence-electron chi connectivity index (χ1n) is 12.8. The Morgan fingerprint density at radius 3 is 1.68 bits per heavy atom. The number of benzene rings is 2. The second kappa shape index (κ2) is 16.6. The van der Waals surface area contributed by atoms with Gasteiger partial charge in [0.15, 0.2) is 23.0 Å². The van der Waals surface area contributed by atoms with Gasteiger partial charge in [-0.2, -0.15) is 0 Å². The molecule has 0 bridgehead atoms. The van der Waals surface area contributed by atoms with Gasteiger partial charge in [-0.3, -0.25) is 9.59 Å². The van der Waals surface area contributed by atoms with Crippen LogP contribution in [0, 0.1) is 0 Å². The number of amides is 2. The maximum Gasteiger partial charge on any atom is 0.246 e. The van der Waals surface area contributed by atoms with E-state index in [0.29, 0.717) is 43.7 Å². The normalized spacial score (nSPS) is 11.0. The molecule has 0 unspecified atom stereocenters. The molecule has 2 amide bonds. The van der Waals surface area contributed by atoms with Gasteiger partial charge in [-0.05, 0) is 73.4 Å². The topological polar surface area (TPSA) is 153 Å². The lowest BCUT2D eigenvalue weighted by molar-refractivity contribution is -0.126. The number of hydrogen-bond acceptors (Lipinski definition) is 9. The Bertz CT molecular complexity index is 1150. The number of phenolic OH excluding ortho intramolecular Hbond substituents is 2. The van der Waals surface area contributed by atoms with E-state index in [4.69, 9.17) is 24.7 Å². The SMILES string of the molecule is COc1cc(/C=C/C(=O)NCCCN(CCCCN)C(=O)/C=C/c2cc(OC)c(O)c(OC)c2)cc(OC)c1O. The van der Waals surface area contributed by atoms with Gasteiger partial charge < -0.3 is 45.1 Å². The number of carbonyl (C=O) groups is 2. The second-order valence-corrected chi connectivity index (χ2v) is 8.68. The molecule has 0 saturated heterocycles. The van der Waals surface area contributed by atoms with Crippen LogP contribution >= 0.6 is 0 Å². The van der Waals surface area contributed by atoms with Gasteiger partial charge in [-0.25, -0.2) is 0 Å². The Hall–Kier alpha value is -4.38. The third kappa shape index (κ3) is 9.42. The highest BCUT2D eigenvalue weighted by molar-refractivity contribution is 5.92. The van der Waals surface area contributed by atoms with E-state index in [0.717, 1.165) is 12.8 Å². The van der Waals surface area contributed by atoms with Crippen molar-refractivity contribution in [3.05, 3.63) is 47.5 Å². The van der Waals surface area contributed by atoms with Crippen molar-refractivity contribution in [1.29, 1.82) is 0 Å². The molecule has 2 aromatic rings. The lowest BCUT2D eigenvalue weighted by atomic mass is 10.1. The maximum absolute atomic E-state index is 13.0. The van der Waals surface area contributed by atoms with Crippen LogP contribution in [0.4, 0.5) is 0 Å². The fraction of sp³-hybridized carbons (Fsp3) is 0.379. The van der Waals surface area contributed by atoms with E-state index in [1.807, 2.05) is 0 Å². The summed E-state index contributed by atoms with van der Waals surface area (Å²) < 4.78 is 20.6. The number of nitrogens with two attached hydrogens (primary N) is 1. The summed E-state index contributed by atoms with van der Waals surface area (Å²) in [5.74, 6) is 0.213. The fourth-order valence-corrected chi connectivity index (χ4v) is 3.78. The fourth-order valence-electron chi connectivity index (χ4n) is 3.78. The van der Waals surface area contributed by atoms with Crippen LogP contribution in [0.5, 0.6) is 34.5 Å². The molecule has 0 heterocycles. The molecule has 218 valence electrons. The van der Waals surface area contributed by atoms with E-state index in [-0.39, 0.29) is 46.3 Å². The van der Waals surface area contributed by atoms with Crippen LogP contribution in [0.2, 0.25) is 0 Å². The minimum Gasteiger partial charge on any atom is -0.502 e. The average molecular weight is 558 g/mol. The molecular weight excluding hydrogens is 518 g/mol. The molecule has 2 rings (SSSR count). The zero-order valence-electron chi connectivity index (χ0n) is 23.4. The van der Waals surface area contributed by atoms with Crippen LogP contribution in [0.15, 0.2) is 36.4 Å². The van der Waals surface area contributed by atoms with E-state index in [2.05, 4.69) is 5.32 Å². The summed E-state index contributed by atoms with van der Waals surface area (Å²) in [6.07, 6.45) is 8.13. The van der Waals surface area contributed by atoms with Crippen molar-refractivity contribution in [3.8, 4) is 34.5 Å². The summed E-state index contributed by atoms with van der Waals surface area (Å²) in [5.41, 5.74) is 6.86. The first-order chi connectivity index (χ1) is 19.3. The largest absolute Gasteiger partial charge is 0.502 e. The number of methoxy groups -OCH3 is 4. The molecule has 5 N–H and O–H groups in total. The molecule has 0 fully saturated rings. The van der Waals surface area contributed by atoms with Crippen LogP contribution in [0.3, 0.4) is 0 Å². The number of carbonyl (C=O) groups excluding carboxylic acids is 2. The van der Waals surface area contributed by atoms with Gasteiger partial charge in [0.05, 0.1) is 28.4 Å². The van der Waals surface area contributed by atoms with Crippen molar-refractivity contribution in [2.24, 2.45) is 5.73 Å². The highest BCUT2D eigenvalue weighted by atomic mass is 16.5. The van der Waals surface area contributed by atoms with Crippen LogP contribution in [-0.4, -0.2) is 81.5 Å². The number of rotatable bonds is 16. The van der Waals surface area contributed by atoms with Gasteiger partial charge in [0, 0.05) is 31.8 Å². The van der Waals surface area contributed by atoms with Crippen molar-refractivity contribution in [1.82, 2.24) is 10.2 Å². The number of nitrogens with zero attached hydrogens (tertiary/aromatic N) is 1. The molecule has 11 heteroatoms. The molecule has 11 nitrogen and oxygen atoms in total. The quantitative estimate of drug-likeness (QED) is 0.180. The monoisotopic (exact) mass is 557 g/mol. The van der Waals surface area contributed by atoms with Crippen molar-refractivity contribution in [2.75, 3.05) is 54.6 Å². The molecule has 0 aliphatic rings. The zero-order chi connectivity index (χ0) is 29.5. The van der Waals surface area contributed by atoms with Crippen molar-refractivity contribution >= 4 is 24.0 Å². The smallest absolute Gasteiger partial charge is 0.246 e. The number of aromatic hydroxyl groups is 2. The summed E-state index contributed by atoms with van der Waals surface area (Å²) in [4.78, 5) is 27.0. The minimum absolute atomic E-state index is 0.115. The zero-order valence-corrected chi connectivity index (χ0v) is 23.4. The van der Waals surface area contributed by atoms with Crippen LogP contribution < -0.4 is 30.0 Å². The average Bonchev–Trinajstić information content (AvgIpc) is 2.96. The summed E-state index contributed by atoms with van der Waals surface area (Å²) in [5, 5.41) is 22.9. The summed E-state index contributed by atoms with van der Waals surface area (Å²) in [6, 6.07) is 6.39. The number of phenols is 2. The Labute approximate surface area is 234 Å². The third-order valence-corrected chi connectivity index (χ3v) is 5.95. The Balaban J connectivity index is 1.97. The third-order valence-electron chi connectivity index (χ3n) is 5.95. The van der Waals surface area contributed by atoms with Crippen LogP contribution in [0.25, 0.3) is 12.2 Å². The highest BCUT2D eigenvalue weighted by Gasteiger charge is 2.13. The summed E-state index contributed by atoms with van der Waals surface area (Å²) >= 11 is 0. The molecule has 0 aliphatic carbocycles. The molecule has 0 radical (unpaired) electrons. The Morgan fingerprint density at radius 2 is 1.23 bits per heavy atom. The van der Waals surface area contributed by atoms with E-state index in [1.165, 1.54) is 40.6 Å². The molecule has 40 heavy (non-hydrogen) atoms. The standard InChI is InChI=1S/C29H39N3O8/c1-37-22-16-20(17-23(38-2)28(22)35)8-10-26(33)31-13-7-15-32(14-6-5-12-30)27(34)11-9-21-18-24(39-3)29(36)25(19-21)40-4/h8-11,16-19,35-36H,5-7,12-15,30H2,1-4H3,(H,31,33)/b10-8+,11-9+. The molecule has 0 aliphatic heterocycles. The van der Waals surface area contributed by atoms with Crippen molar-refractivity contribution in [2.45, 2.75) is 19.3 Å². The van der Waals surface area contributed by atoms with Gasteiger partial charge in [0.25, 0.3) is 0 Å². The van der Waals surface area contributed by atoms with E-state index < -0.39 is 0 Å². The van der Waals surface area contributed by atoms with Gasteiger partial charge in [0.2, 0.25) is 23.3 Å². The van der Waals surface area contributed by atoms with Gasteiger partial charge in [-0.15, -0.1) is 0 Å². The predicted octanol–water partition coefficient (Wildman–Crippen LogP) is 2.93. The van der Waals surface area contributed by atoms with Crippen molar-refractivity contribution < 1.29 is 38.7 Å². The number of ether oxygens (including phenoxy) is 4. The molecule has 0 aromatic heterocycles. The molecule has 2 aromatic carbocycles. The van der Waals surface area contributed by atoms with E-state index in [1.54, 1.807) is 41.3 Å². The highest BCUT2D eigenvalue weighted by Crippen LogP contribution is 2.38. The first-order valence-corrected chi connectivity index (χ1v) is 12.8. The van der Waals surface area contributed by atoms with Gasteiger partial charge in [-0.1, -0.05) is 0 Å².